The molecule has 2 rings (SSSR count). The molecule has 1 aliphatic heterocycles. The van der Waals surface area contributed by atoms with E-state index in [-0.39, 0.29) is 4.90 Å². The monoisotopic (exact) mass is 350 g/mol. The average Bonchev–Trinajstić information content (AvgIpc) is 2.53. The SMILES string of the molecule is NC1CCCCCN1S(=O)(=O)c1ccc(Br)cc1F. The quantitative estimate of drug-likeness (QED) is 0.890. The molecule has 1 saturated heterocycles. The average molecular weight is 351 g/mol. The number of sulfonamides is 1. The Balaban J connectivity index is 2.40. The van der Waals surface area contributed by atoms with Crippen LogP contribution in [-0.4, -0.2) is 25.4 Å². The van der Waals surface area contributed by atoms with Crippen molar-refractivity contribution in [1.29, 1.82) is 0 Å². The van der Waals surface area contributed by atoms with Gasteiger partial charge in [0.1, 0.15) is 10.7 Å². The van der Waals surface area contributed by atoms with Gasteiger partial charge < -0.3 is 5.73 Å². The Labute approximate surface area is 121 Å². The summed E-state index contributed by atoms with van der Waals surface area (Å²) >= 11 is 3.11. The van der Waals surface area contributed by atoms with Gasteiger partial charge in [-0.25, -0.2) is 12.8 Å². The second-order valence-corrected chi connectivity index (χ2v) is 7.38. The predicted molar refractivity (Wildman–Crippen MR) is 74.4 cm³/mol. The maximum absolute atomic E-state index is 13.9. The van der Waals surface area contributed by atoms with Crippen LogP contribution in [-0.2, 0) is 10.0 Å². The Morgan fingerprint density at radius 2 is 2.05 bits per heavy atom. The molecule has 1 aromatic carbocycles. The van der Waals surface area contributed by atoms with Crippen LogP contribution in [0, 0.1) is 5.82 Å². The predicted octanol–water partition coefficient (Wildman–Crippen LogP) is 2.44. The fourth-order valence-corrected chi connectivity index (χ4v) is 4.18. The summed E-state index contributed by atoms with van der Waals surface area (Å²) in [7, 11) is -3.87. The largest absolute Gasteiger partial charge is 0.315 e. The molecule has 1 heterocycles. The van der Waals surface area contributed by atoms with Gasteiger partial charge in [0.25, 0.3) is 0 Å². The van der Waals surface area contributed by atoms with Crippen molar-refractivity contribution in [3.63, 3.8) is 0 Å². The van der Waals surface area contributed by atoms with Gasteiger partial charge in [0, 0.05) is 11.0 Å². The Hall–Kier alpha value is -0.500. The van der Waals surface area contributed by atoms with Crippen LogP contribution in [0.25, 0.3) is 0 Å². The number of hydrogen-bond acceptors (Lipinski definition) is 3. The topological polar surface area (TPSA) is 63.4 Å². The Kier molecular flexibility index (Phi) is 4.60. The van der Waals surface area contributed by atoms with E-state index < -0.39 is 22.0 Å². The van der Waals surface area contributed by atoms with Crippen molar-refractivity contribution in [3.8, 4) is 0 Å². The minimum Gasteiger partial charge on any atom is -0.315 e. The van der Waals surface area contributed by atoms with Crippen molar-refractivity contribution in [2.24, 2.45) is 5.73 Å². The maximum atomic E-state index is 13.9. The van der Waals surface area contributed by atoms with Crippen LogP contribution < -0.4 is 5.73 Å². The zero-order valence-electron chi connectivity index (χ0n) is 10.4. The molecule has 1 aromatic rings. The van der Waals surface area contributed by atoms with Gasteiger partial charge in [0.05, 0.1) is 6.17 Å². The molecule has 1 fully saturated rings. The normalized spacial score (nSPS) is 22.2. The van der Waals surface area contributed by atoms with E-state index in [0.29, 0.717) is 17.4 Å². The summed E-state index contributed by atoms with van der Waals surface area (Å²) in [5.41, 5.74) is 5.90. The van der Waals surface area contributed by atoms with Gasteiger partial charge in [-0.3, -0.25) is 0 Å². The van der Waals surface area contributed by atoms with Crippen LogP contribution in [0.15, 0.2) is 27.6 Å². The number of rotatable bonds is 2. The maximum Gasteiger partial charge on any atom is 0.247 e. The highest BCUT2D eigenvalue weighted by Gasteiger charge is 2.32. The Morgan fingerprint density at radius 3 is 2.74 bits per heavy atom. The first-order chi connectivity index (χ1) is 8.93. The summed E-state index contributed by atoms with van der Waals surface area (Å²) in [5.74, 6) is -0.758. The van der Waals surface area contributed by atoms with E-state index in [1.807, 2.05) is 0 Å². The van der Waals surface area contributed by atoms with Crippen molar-refractivity contribution in [2.45, 2.75) is 36.7 Å². The van der Waals surface area contributed by atoms with E-state index >= 15 is 0 Å². The number of nitrogens with zero attached hydrogens (tertiary/aromatic N) is 1. The zero-order valence-corrected chi connectivity index (χ0v) is 12.8. The van der Waals surface area contributed by atoms with E-state index in [4.69, 9.17) is 5.73 Å². The van der Waals surface area contributed by atoms with E-state index in [1.54, 1.807) is 0 Å². The first-order valence-electron chi connectivity index (χ1n) is 6.15. The second-order valence-electron chi connectivity index (χ2n) is 4.61. The number of halogens is 2. The molecule has 0 bridgehead atoms. The molecular formula is C12H16BrFN2O2S. The first-order valence-corrected chi connectivity index (χ1v) is 8.39. The van der Waals surface area contributed by atoms with Crippen molar-refractivity contribution in [3.05, 3.63) is 28.5 Å². The van der Waals surface area contributed by atoms with E-state index in [1.165, 1.54) is 16.4 Å². The van der Waals surface area contributed by atoms with E-state index in [9.17, 15) is 12.8 Å². The minimum atomic E-state index is -3.87. The third kappa shape index (κ3) is 3.16. The lowest BCUT2D eigenvalue weighted by molar-refractivity contribution is 0.328. The first kappa shape index (κ1) is 14.9. The molecule has 0 saturated carbocycles. The van der Waals surface area contributed by atoms with E-state index in [0.717, 1.165) is 25.3 Å². The molecule has 0 spiro atoms. The molecule has 1 aliphatic rings. The summed E-state index contributed by atoms with van der Waals surface area (Å²) in [6.07, 6.45) is 2.64. The molecule has 0 aliphatic carbocycles. The second kappa shape index (κ2) is 5.87. The van der Waals surface area contributed by atoms with Crippen molar-refractivity contribution >= 4 is 26.0 Å². The minimum absolute atomic E-state index is 0.312. The lowest BCUT2D eigenvalue weighted by Gasteiger charge is -2.26. The number of nitrogens with two attached hydrogens (primary N) is 1. The third-order valence-corrected chi connectivity index (χ3v) is 5.68. The highest BCUT2D eigenvalue weighted by Crippen LogP contribution is 2.26. The van der Waals surface area contributed by atoms with Gasteiger partial charge in [-0.2, -0.15) is 4.31 Å². The van der Waals surface area contributed by atoms with Crippen LogP contribution >= 0.6 is 15.9 Å². The molecule has 0 aromatic heterocycles. The van der Waals surface area contributed by atoms with Gasteiger partial charge in [0.2, 0.25) is 10.0 Å². The van der Waals surface area contributed by atoms with Crippen LogP contribution in [0.2, 0.25) is 0 Å². The van der Waals surface area contributed by atoms with Crippen LogP contribution in [0.3, 0.4) is 0 Å². The van der Waals surface area contributed by atoms with Gasteiger partial charge in [-0.05, 0) is 31.0 Å². The summed E-state index contributed by atoms with van der Waals surface area (Å²) in [4.78, 5) is -0.312. The molecule has 2 N–H and O–H groups in total. The highest BCUT2D eigenvalue weighted by atomic mass is 79.9. The number of benzene rings is 1. The molecule has 1 atom stereocenters. The Bertz CT molecular complexity index is 565. The zero-order chi connectivity index (χ0) is 14.0. The van der Waals surface area contributed by atoms with Crippen molar-refractivity contribution < 1.29 is 12.8 Å². The Morgan fingerprint density at radius 1 is 1.32 bits per heavy atom. The molecular weight excluding hydrogens is 335 g/mol. The molecule has 1 unspecified atom stereocenters. The van der Waals surface area contributed by atoms with Crippen molar-refractivity contribution in [2.75, 3.05) is 6.54 Å². The molecule has 19 heavy (non-hydrogen) atoms. The third-order valence-electron chi connectivity index (χ3n) is 3.23. The lowest BCUT2D eigenvalue weighted by atomic mass is 10.2. The summed E-state index contributed by atoms with van der Waals surface area (Å²) < 4.78 is 40.5. The van der Waals surface area contributed by atoms with Gasteiger partial charge in [-0.1, -0.05) is 28.8 Å². The van der Waals surface area contributed by atoms with Crippen LogP contribution in [0.4, 0.5) is 4.39 Å². The smallest absolute Gasteiger partial charge is 0.247 e. The van der Waals surface area contributed by atoms with Crippen LogP contribution in [0.1, 0.15) is 25.7 Å². The lowest BCUT2D eigenvalue weighted by Crippen LogP contribution is -2.45. The molecule has 4 nitrogen and oxygen atoms in total. The number of hydrogen-bond donors (Lipinski definition) is 1. The van der Waals surface area contributed by atoms with Crippen molar-refractivity contribution in [1.82, 2.24) is 4.31 Å². The summed E-state index contributed by atoms with van der Waals surface area (Å²) in [6, 6.07) is 3.93. The fraction of sp³-hybridized carbons (Fsp3) is 0.500. The molecule has 0 amide bonds. The van der Waals surface area contributed by atoms with E-state index in [2.05, 4.69) is 15.9 Å². The summed E-state index contributed by atoms with van der Waals surface area (Å²) in [6.45, 7) is 0.346. The van der Waals surface area contributed by atoms with Gasteiger partial charge >= 0.3 is 0 Å². The molecule has 106 valence electrons. The van der Waals surface area contributed by atoms with Crippen LogP contribution in [0.5, 0.6) is 0 Å². The fourth-order valence-electron chi connectivity index (χ4n) is 2.22. The summed E-state index contributed by atoms with van der Waals surface area (Å²) in [5, 5.41) is 0. The highest BCUT2D eigenvalue weighted by molar-refractivity contribution is 9.10. The molecule has 0 radical (unpaired) electrons. The van der Waals surface area contributed by atoms with Gasteiger partial charge in [-0.15, -0.1) is 0 Å². The van der Waals surface area contributed by atoms with Gasteiger partial charge in [0.15, 0.2) is 0 Å². The molecule has 7 heteroatoms. The standard InChI is InChI=1S/C12H16BrFN2O2S/c13-9-5-6-11(10(14)8-9)19(17,18)16-7-3-1-2-4-12(16)15/h5-6,8,12H,1-4,7,15H2.